The highest BCUT2D eigenvalue weighted by Gasteiger charge is 2.49. The van der Waals surface area contributed by atoms with Crippen LogP contribution in [0.5, 0.6) is 0 Å². The van der Waals surface area contributed by atoms with Gasteiger partial charge in [0, 0.05) is 50.9 Å². The van der Waals surface area contributed by atoms with Gasteiger partial charge in [0.25, 0.3) is 0 Å². The quantitative estimate of drug-likeness (QED) is 0.359. The number of likely N-dealkylation sites (tertiary alicyclic amines) is 1. The van der Waals surface area contributed by atoms with Crippen molar-refractivity contribution in [3.05, 3.63) is 0 Å². The van der Waals surface area contributed by atoms with E-state index in [0.29, 0.717) is 12.1 Å². The van der Waals surface area contributed by atoms with Crippen molar-refractivity contribution in [3.8, 4) is 0 Å². The molecule has 2 aliphatic heterocycles. The molecule has 0 spiro atoms. The van der Waals surface area contributed by atoms with Crippen LogP contribution in [-0.2, 0) is 9.47 Å². The Morgan fingerprint density at radius 1 is 1.23 bits per heavy atom. The predicted octanol–water partition coefficient (Wildman–Crippen LogP) is 2.23. The molecule has 6 nitrogen and oxygen atoms in total. The molecule has 3 fully saturated rings. The maximum atomic E-state index is 5.65. The number of rotatable bonds is 5. The Hall–Kier alpha value is -0.120. The second kappa shape index (κ2) is 9.39. The number of methoxy groups -OCH3 is 1. The number of guanidine groups is 1. The first-order chi connectivity index (χ1) is 12.0. The summed E-state index contributed by atoms with van der Waals surface area (Å²) in [6.07, 6.45) is 6.23. The molecule has 0 aromatic rings. The van der Waals surface area contributed by atoms with Gasteiger partial charge in [0.2, 0.25) is 0 Å². The van der Waals surface area contributed by atoms with Crippen LogP contribution >= 0.6 is 24.0 Å². The number of aliphatic imine (C=N–C) groups is 1. The summed E-state index contributed by atoms with van der Waals surface area (Å²) in [5.74, 6) is 0.915. The number of nitrogens with one attached hydrogen (secondary N) is 2. The van der Waals surface area contributed by atoms with E-state index >= 15 is 0 Å². The average molecular weight is 480 g/mol. The van der Waals surface area contributed by atoms with Crippen LogP contribution in [0.2, 0.25) is 0 Å². The standard InChI is InChI=1S/C19H36N4O2.HI/c1-18(2)15(13-16(18)24-4)22-17(20-3)21-14-19(7-11-25-12-8-19)23-9-5-6-10-23;/h15-16H,5-14H2,1-4H3,(H2,20,21,22);1H. The average Bonchev–Trinajstić information content (AvgIpc) is 3.17. The molecule has 0 aromatic heterocycles. The number of halogens is 1. The van der Waals surface area contributed by atoms with Gasteiger partial charge in [-0.3, -0.25) is 9.89 Å². The zero-order chi connectivity index (χ0) is 17.9. The minimum Gasteiger partial charge on any atom is -0.381 e. The Balaban J connectivity index is 0.00000243. The van der Waals surface area contributed by atoms with Crippen LogP contribution < -0.4 is 10.6 Å². The summed E-state index contributed by atoms with van der Waals surface area (Å²) < 4.78 is 11.2. The highest BCUT2D eigenvalue weighted by Crippen LogP contribution is 2.42. The molecule has 2 unspecified atom stereocenters. The summed E-state index contributed by atoms with van der Waals surface area (Å²) in [6, 6.07) is 0.404. The molecule has 3 rings (SSSR count). The summed E-state index contributed by atoms with van der Waals surface area (Å²) >= 11 is 0. The first kappa shape index (κ1) is 22.2. The lowest BCUT2D eigenvalue weighted by atomic mass is 9.64. The van der Waals surface area contributed by atoms with Gasteiger partial charge in [-0.1, -0.05) is 13.8 Å². The van der Waals surface area contributed by atoms with E-state index in [2.05, 4.69) is 34.4 Å². The summed E-state index contributed by atoms with van der Waals surface area (Å²) in [4.78, 5) is 7.16. The third kappa shape index (κ3) is 4.47. The molecule has 2 heterocycles. The SMILES string of the molecule is CN=C(NCC1(N2CCCC2)CCOCC1)NC1CC(OC)C1(C)C.I. The van der Waals surface area contributed by atoms with Crippen molar-refractivity contribution in [1.82, 2.24) is 15.5 Å². The van der Waals surface area contributed by atoms with Crippen LogP contribution in [0.3, 0.4) is 0 Å². The van der Waals surface area contributed by atoms with Gasteiger partial charge < -0.3 is 20.1 Å². The molecule has 1 saturated carbocycles. The van der Waals surface area contributed by atoms with Crippen LogP contribution in [-0.4, -0.2) is 75.5 Å². The molecular weight excluding hydrogens is 443 g/mol. The van der Waals surface area contributed by atoms with Gasteiger partial charge in [-0.25, -0.2) is 0 Å². The fourth-order valence-corrected chi connectivity index (χ4v) is 4.69. The zero-order valence-electron chi connectivity index (χ0n) is 16.8. The molecule has 2 saturated heterocycles. The molecular formula is C19H37IN4O2. The van der Waals surface area contributed by atoms with Crippen molar-refractivity contribution in [2.75, 3.05) is 47.0 Å². The first-order valence-corrected chi connectivity index (χ1v) is 9.84. The normalized spacial score (nSPS) is 31.0. The van der Waals surface area contributed by atoms with Gasteiger partial charge in [-0.2, -0.15) is 0 Å². The van der Waals surface area contributed by atoms with Gasteiger partial charge in [0.05, 0.1) is 6.10 Å². The molecule has 0 amide bonds. The van der Waals surface area contributed by atoms with E-state index in [9.17, 15) is 0 Å². The van der Waals surface area contributed by atoms with Crippen molar-refractivity contribution in [2.24, 2.45) is 10.4 Å². The maximum Gasteiger partial charge on any atom is 0.191 e. The van der Waals surface area contributed by atoms with Crippen molar-refractivity contribution in [1.29, 1.82) is 0 Å². The Labute approximate surface area is 175 Å². The molecule has 2 atom stereocenters. The van der Waals surface area contributed by atoms with Crippen LogP contribution in [0.1, 0.15) is 46.0 Å². The second-order valence-electron chi connectivity index (χ2n) is 8.43. The number of hydrogen-bond acceptors (Lipinski definition) is 4. The van der Waals surface area contributed by atoms with Gasteiger partial charge in [-0.15, -0.1) is 24.0 Å². The lowest BCUT2D eigenvalue weighted by Gasteiger charge is -2.51. The number of ether oxygens (including phenoxy) is 2. The monoisotopic (exact) mass is 480 g/mol. The van der Waals surface area contributed by atoms with Gasteiger partial charge in [0.15, 0.2) is 5.96 Å². The van der Waals surface area contributed by atoms with Crippen LogP contribution in [0, 0.1) is 5.41 Å². The maximum absolute atomic E-state index is 5.65. The molecule has 3 aliphatic rings. The molecule has 152 valence electrons. The zero-order valence-corrected chi connectivity index (χ0v) is 19.2. The van der Waals surface area contributed by atoms with E-state index in [-0.39, 0.29) is 34.9 Å². The van der Waals surface area contributed by atoms with Crippen molar-refractivity contribution in [3.63, 3.8) is 0 Å². The topological polar surface area (TPSA) is 58.1 Å². The van der Waals surface area contributed by atoms with Gasteiger partial charge in [-0.05, 0) is 45.2 Å². The van der Waals surface area contributed by atoms with Gasteiger partial charge in [0.1, 0.15) is 0 Å². The Kier molecular flexibility index (Phi) is 8.00. The van der Waals surface area contributed by atoms with E-state index in [1.165, 1.54) is 25.9 Å². The highest BCUT2D eigenvalue weighted by atomic mass is 127. The highest BCUT2D eigenvalue weighted by molar-refractivity contribution is 14.0. The van der Waals surface area contributed by atoms with Crippen molar-refractivity contribution in [2.45, 2.75) is 63.6 Å². The minimum absolute atomic E-state index is 0. The summed E-state index contributed by atoms with van der Waals surface area (Å²) in [5.41, 5.74) is 0.355. The van der Waals surface area contributed by atoms with Gasteiger partial charge >= 0.3 is 0 Å². The Morgan fingerprint density at radius 3 is 2.42 bits per heavy atom. The van der Waals surface area contributed by atoms with Crippen molar-refractivity contribution < 1.29 is 9.47 Å². The molecule has 2 N–H and O–H groups in total. The lowest BCUT2D eigenvalue weighted by Crippen LogP contribution is -2.65. The second-order valence-corrected chi connectivity index (χ2v) is 8.43. The molecule has 26 heavy (non-hydrogen) atoms. The third-order valence-electron chi connectivity index (χ3n) is 6.78. The molecule has 7 heteroatoms. The molecule has 0 radical (unpaired) electrons. The molecule has 0 bridgehead atoms. The van der Waals surface area contributed by atoms with Crippen LogP contribution in [0.15, 0.2) is 4.99 Å². The minimum atomic E-state index is 0. The fourth-order valence-electron chi connectivity index (χ4n) is 4.69. The summed E-state index contributed by atoms with van der Waals surface area (Å²) in [6.45, 7) is 9.65. The number of hydrogen-bond donors (Lipinski definition) is 2. The molecule has 0 aromatic carbocycles. The molecule has 1 aliphatic carbocycles. The van der Waals surface area contributed by atoms with Crippen LogP contribution in [0.25, 0.3) is 0 Å². The van der Waals surface area contributed by atoms with Crippen LogP contribution in [0.4, 0.5) is 0 Å². The van der Waals surface area contributed by atoms with E-state index in [4.69, 9.17) is 9.47 Å². The predicted molar refractivity (Wildman–Crippen MR) is 116 cm³/mol. The fraction of sp³-hybridized carbons (Fsp3) is 0.947. The summed E-state index contributed by atoms with van der Waals surface area (Å²) in [5, 5.41) is 7.24. The largest absolute Gasteiger partial charge is 0.381 e. The lowest BCUT2D eigenvalue weighted by molar-refractivity contribution is -0.0923. The third-order valence-corrected chi connectivity index (χ3v) is 6.78. The van der Waals surface area contributed by atoms with Crippen molar-refractivity contribution >= 4 is 29.9 Å². The van der Waals surface area contributed by atoms with E-state index in [1.54, 1.807) is 7.11 Å². The van der Waals surface area contributed by atoms with E-state index in [1.807, 2.05) is 7.05 Å². The Morgan fingerprint density at radius 2 is 1.88 bits per heavy atom. The first-order valence-electron chi connectivity index (χ1n) is 9.84. The Bertz CT molecular complexity index is 474. The van der Waals surface area contributed by atoms with E-state index < -0.39 is 0 Å². The summed E-state index contributed by atoms with van der Waals surface area (Å²) in [7, 11) is 3.67. The smallest absolute Gasteiger partial charge is 0.191 e. The number of nitrogens with zero attached hydrogens (tertiary/aromatic N) is 2. The van der Waals surface area contributed by atoms with E-state index in [0.717, 1.165) is 45.0 Å².